The van der Waals surface area contributed by atoms with E-state index < -0.39 is 5.91 Å². The van der Waals surface area contributed by atoms with Gasteiger partial charge in [-0.1, -0.05) is 0 Å². The van der Waals surface area contributed by atoms with Crippen molar-refractivity contribution in [2.24, 2.45) is 5.73 Å². The topological polar surface area (TPSA) is 95.6 Å². The monoisotopic (exact) mass is 236 g/mol. The van der Waals surface area contributed by atoms with Crippen LogP contribution in [0.3, 0.4) is 0 Å². The summed E-state index contributed by atoms with van der Waals surface area (Å²) in [5.41, 5.74) is 5.73. The Labute approximate surface area is 99.3 Å². The molecule has 92 valence electrons. The van der Waals surface area contributed by atoms with Crippen LogP contribution >= 0.6 is 0 Å². The van der Waals surface area contributed by atoms with E-state index in [1.165, 1.54) is 18.2 Å². The largest absolute Gasteiger partial charge is 0.508 e. The molecular formula is C12H16N2O3. The zero-order valence-electron chi connectivity index (χ0n) is 9.44. The number of hydrogen-bond donors (Lipinski definition) is 4. The molecule has 5 heteroatoms. The Bertz CT molecular complexity index is 441. The molecule has 0 heterocycles. The first-order chi connectivity index (χ1) is 8.00. The first-order valence-electron chi connectivity index (χ1n) is 5.59. The average molecular weight is 236 g/mol. The third-order valence-electron chi connectivity index (χ3n) is 3.18. The van der Waals surface area contributed by atoms with Crippen LogP contribution < -0.4 is 11.1 Å². The third-order valence-corrected chi connectivity index (χ3v) is 3.18. The number of nitrogens with one attached hydrogen (secondary N) is 1. The number of benzene rings is 1. The average Bonchev–Trinajstić information content (AvgIpc) is 2.26. The van der Waals surface area contributed by atoms with Crippen LogP contribution in [-0.2, 0) is 0 Å². The fourth-order valence-electron chi connectivity index (χ4n) is 1.87. The Morgan fingerprint density at radius 1 is 1.41 bits per heavy atom. The first kappa shape index (κ1) is 11.7. The summed E-state index contributed by atoms with van der Waals surface area (Å²) in [7, 11) is 0. The summed E-state index contributed by atoms with van der Waals surface area (Å²) in [6, 6.07) is 3.84. The maximum Gasteiger partial charge on any atom is 0.255 e. The summed E-state index contributed by atoms with van der Waals surface area (Å²) in [6.45, 7) is 0.390. The molecule has 0 aliphatic heterocycles. The van der Waals surface area contributed by atoms with E-state index in [0.29, 0.717) is 6.54 Å². The molecule has 0 unspecified atom stereocenters. The summed E-state index contributed by atoms with van der Waals surface area (Å²) < 4.78 is 0. The number of carbonyl (C=O) groups excluding carboxylic acids is 1. The van der Waals surface area contributed by atoms with Crippen LogP contribution in [0.4, 0.5) is 0 Å². The lowest BCUT2D eigenvalue weighted by Crippen LogP contribution is -2.54. The Balaban J connectivity index is 2.01. The summed E-state index contributed by atoms with van der Waals surface area (Å²) in [6.07, 6.45) is 2.89. The normalized spacial score (nSPS) is 17.2. The van der Waals surface area contributed by atoms with E-state index in [4.69, 9.17) is 5.73 Å². The maximum absolute atomic E-state index is 11.8. The molecule has 0 spiro atoms. The molecule has 1 aromatic carbocycles. The maximum atomic E-state index is 11.8. The van der Waals surface area contributed by atoms with Crippen LogP contribution in [-0.4, -0.2) is 28.2 Å². The highest BCUT2D eigenvalue weighted by molar-refractivity contribution is 5.97. The van der Waals surface area contributed by atoms with Gasteiger partial charge in [0.05, 0.1) is 5.56 Å². The summed E-state index contributed by atoms with van der Waals surface area (Å²) >= 11 is 0. The Kier molecular flexibility index (Phi) is 2.93. The molecule has 1 fully saturated rings. The number of phenols is 2. The van der Waals surface area contributed by atoms with Gasteiger partial charge < -0.3 is 21.3 Å². The highest BCUT2D eigenvalue weighted by Crippen LogP contribution is 2.28. The Morgan fingerprint density at radius 2 is 2.12 bits per heavy atom. The van der Waals surface area contributed by atoms with Crippen LogP contribution in [0.25, 0.3) is 0 Å². The number of hydrogen-bond acceptors (Lipinski definition) is 4. The van der Waals surface area contributed by atoms with Crippen LogP contribution in [0.2, 0.25) is 0 Å². The predicted molar refractivity (Wildman–Crippen MR) is 62.9 cm³/mol. The number of rotatable bonds is 3. The molecule has 1 amide bonds. The van der Waals surface area contributed by atoms with Crippen molar-refractivity contribution in [2.75, 3.05) is 6.54 Å². The van der Waals surface area contributed by atoms with Crippen LogP contribution in [0.5, 0.6) is 11.5 Å². The molecule has 0 atom stereocenters. The van der Waals surface area contributed by atoms with Gasteiger partial charge in [0.15, 0.2) is 0 Å². The minimum absolute atomic E-state index is 0.0564. The fraction of sp³-hybridized carbons (Fsp3) is 0.417. The molecule has 1 saturated carbocycles. The zero-order chi connectivity index (χ0) is 12.5. The smallest absolute Gasteiger partial charge is 0.255 e. The van der Waals surface area contributed by atoms with Crippen LogP contribution in [0.1, 0.15) is 29.6 Å². The van der Waals surface area contributed by atoms with E-state index in [1.54, 1.807) is 0 Å². The highest BCUT2D eigenvalue weighted by atomic mass is 16.3. The van der Waals surface area contributed by atoms with E-state index in [0.717, 1.165) is 19.3 Å². The fourth-order valence-corrected chi connectivity index (χ4v) is 1.87. The van der Waals surface area contributed by atoms with Gasteiger partial charge in [-0.15, -0.1) is 0 Å². The second-order valence-electron chi connectivity index (χ2n) is 4.60. The van der Waals surface area contributed by atoms with Crippen molar-refractivity contribution in [2.45, 2.75) is 24.8 Å². The molecule has 5 N–H and O–H groups in total. The minimum atomic E-state index is -0.421. The number of carbonyl (C=O) groups is 1. The van der Waals surface area contributed by atoms with Crippen molar-refractivity contribution in [3.63, 3.8) is 0 Å². The van der Waals surface area contributed by atoms with E-state index in [9.17, 15) is 15.0 Å². The van der Waals surface area contributed by atoms with Gasteiger partial charge in [0, 0.05) is 12.1 Å². The van der Waals surface area contributed by atoms with Crippen LogP contribution in [0, 0.1) is 0 Å². The number of phenolic OH excluding ortho intramolecular Hbond substituents is 2. The molecule has 1 aliphatic rings. The number of nitrogens with two attached hydrogens (primary N) is 1. The van der Waals surface area contributed by atoms with Crippen molar-refractivity contribution < 1.29 is 15.0 Å². The van der Waals surface area contributed by atoms with Crippen molar-refractivity contribution in [1.82, 2.24) is 5.32 Å². The second kappa shape index (κ2) is 4.25. The SMILES string of the molecule is NC1(CNC(=O)c2cc(O)ccc2O)CCC1. The van der Waals surface area contributed by atoms with Gasteiger partial charge in [0.2, 0.25) is 0 Å². The third kappa shape index (κ3) is 2.50. The first-order valence-corrected chi connectivity index (χ1v) is 5.59. The molecule has 0 aromatic heterocycles. The van der Waals surface area contributed by atoms with Gasteiger partial charge >= 0.3 is 0 Å². The molecule has 0 saturated heterocycles. The highest BCUT2D eigenvalue weighted by Gasteiger charge is 2.32. The standard InChI is InChI=1S/C12H16N2O3/c13-12(4-1-5-12)7-14-11(17)9-6-8(15)2-3-10(9)16/h2-3,6,15-16H,1,4-5,7,13H2,(H,14,17). The lowest BCUT2D eigenvalue weighted by atomic mass is 9.78. The molecule has 17 heavy (non-hydrogen) atoms. The molecule has 1 aromatic rings. The van der Waals surface area contributed by atoms with Gasteiger partial charge in [-0.25, -0.2) is 0 Å². The van der Waals surface area contributed by atoms with Crippen molar-refractivity contribution in [3.8, 4) is 11.5 Å². The lowest BCUT2D eigenvalue weighted by Gasteiger charge is -2.38. The van der Waals surface area contributed by atoms with Gasteiger partial charge in [0.25, 0.3) is 5.91 Å². The Morgan fingerprint density at radius 3 is 2.71 bits per heavy atom. The van der Waals surface area contributed by atoms with Crippen molar-refractivity contribution in [3.05, 3.63) is 23.8 Å². The molecule has 0 radical (unpaired) electrons. The Hall–Kier alpha value is -1.75. The molecular weight excluding hydrogens is 220 g/mol. The summed E-state index contributed by atoms with van der Waals surface area (Å²) in [5, 5.41) is 21.4. The predicted octanol–water partition coefficient (Wildman–Crippen LogP) is 0.709. The molecule has 0 bridgehead atoms. The molecule has 5 nitrogen and oxygen atoms in total. The quantitative estimate of drug-likeness (QED) is 0.581. The van der Waals surface area contributed by atoms with Crippen LogP contribution in [0.15, 0.2) is 18.2 Å². The molecule has 1 aliphatic carbocycles. The molecule has 2 rings (SSSR count). The summed E-state index contributed by atoms with van der Waals surface area (Å²) in [5.74, 6) is -0.630. The lowest BCUT2D eigenvalue weighted by molar-refractivity contribution is 0.0926. The van der Waals surface area contributed by atoms with E-state index in [2.05, 4.69) is 5.32 Å². The minimum Gasteiger partial charge on any atom is -0.508 e. The zero-order valence-corrected chi connectivity index (χ0v) is 9.44. The van der Waals surface area contributed by atoms with Gasteiger partial charge in [-0.3, -0.25) is 4.79 Å². The van der Waals surface area contributed by atoms with E-state index in [1.807, 2.05) is 0 Å². The van der Waals surface area contributed by atoms with Gasteiger partial charge in [-0.05, 0) is 37.5 Å². The van der Waals surface area contributed by atoms with Crippen molar-refractivity contribution >= 4 is 5.91 Å². The van der Waals surface area contributed by atoms with Gasteiger partial charge in [0.1, 0.15) is 11.5 Å². The number of amides is 1. The van der Waals surface area contributed by atoms with Gasteiger partial charge in [-0.2, -0.15) is 0 Å². The van der Waals surface area contributed by atoms with E-state index >= 15 is 0 Å². The summed E-state index contributed by atoms with van der Waals surface area (Å²) in [4.78, 5) is 11.8. The van der Waals surface area contributed by atoms with E-state index in [-0.39, 0.29) is 22.6 Å². The number of aromatic hydroxyl groups is 2. The van der Waals surface area contributed by atoms with Crippen molar-refractivity contribution in [1.29, 1.82) is 0 Å². The second-order valence-corrected chi connectivity index (χ2v) is 4.60.